The molecule has 1 aliphatic heterocycles. The summed E-state index contributed by atoms with van der Waals surface area (Å²) in [4.78, 5) is 2.28. The largest absolute Gasteiger partial charge is 0.453 e. The Labute approximate surface area is 294 Å². The van der Waals surface area contributed by atoms with Gasteiger partial charge in [0.25, 0.3) is 0 Å². The number of rotatable bonds is 3. The lowest BCUT2D eigenvalue weighted by molar-refractivity contribution is 0.477. The quantitative estimate of drug-likeness (QED) is 0.177. The van der Waals surface area contributed by atoms with Gasteiger partial charge in [0.05, 0.1) is 22.4 Å². The number of para-hydroxylation sites is 4. The molecule has 2 heterocycles. The van der Waals surface area contributed by atoms with E-state index in [9.17, 15) is 0 Å². The molecule has 0 bridgehead atoms. The summed E-state index contributed by atoms with van der Waals surface area (Å²) >= 11 is 0. The Morgan fingerprint density at radius 2 is 0.882 bits per heavy atom. The summed E-state index contributed by atoms with van der Waals surface area (Å²) in [6, 6.07) is 65.4. The van der Waals surface area contributed by atoms with Crippen LogP contribution < -0.4 is 9.64 Å². The summed E-state index contributed by atoms with van der Waals surface area (Å²) in [7, 11) is 0. The molecule has 11 rings (SSSR count). The van der Waals surface area contributed by atoms with Gasteiger partial charge >= 0.3 is 0 Å². The Morgan fingerprint density at radius 3 is 1.67 bits per heavy atom. The molecule has 1 aromatic heterocycles. The van der Waals surface area contributed by atoms with Gasteiger partial charge in [0.2, 0.25) is 0 Å². The predicted octanol–water partition coefficient (Wildman–Crippen LogP) is 13.5. The molecule has 9 aromatic carbocycles. The van der Waals surface area contributed by atoms with Crippen molar-refractivity contribution < 1.29 is 4.74 Å². The van der Waals surface area contributed by atoms with Crippen LogP contribution in [0.5, 0.6) is 11.5 Å². The highest BCUT2D eigenvalue weighted by Crippen LogP contribution is 2.51. The predicted molar refractivity (Wildman–Crippen MR) is 213 cm³/mol. The van der Waals surface area contributed by atoms with Gasteiger partial charge < -0.3 is 14.2 Å². The molecule has 0 aliphatic carbocycles. The van der Waals surface area contributed by atoms with Gasteiger partial charge in [-0.05, 0) is 110 Å². The zero-order chi connectivity index (χ0) is 33.5. The van der Waals surface area contributed by atoms with Crippen molar-refractivity contribution in [2.24, 2.45) is 0 Å². The summed E-state index contributed by atoms with van der Waals surface area (Å²) in [5.74, 6) is 1.69. The van der Waals surface area contributed by atoms with Crippen molar-refractivity contribution in [1.82, 2.24) is 4.57 Å². The molecule has 0 unspecified atom stereocenters. The molecule has 0 spiro atoms. The molecule has 0 radical (unpaired) electrons. The van der Waals surface area contributed by atoms with Crippen LogP contribution in [0.25, 0.3) is 70.9 Å². The minimum Gasteiger partial charge on any atom is -0.453 e. The third-order valence-corrected chi connectivity index (χ3v) is 10.5. The first kappa shape index (κ1) is 28.0. The number of hydrogen-bond acceptors (Lipinski definition) is 2. The van der Waals surface area contributed by atoms with Crippen molar-refractivity contribution in [2.45, 2.75) is 0 Å². The third-order valence-electron chi connectivity index (χ3n) is 10.5. The number of fused-ring (bicyclic) bond motifs is 11. The maximum Gasteiger partial charge on any atom is 0.152 e. The van der Waals surface area contributed by atoms with E-state index in [4.69, 9.17) is 4.74 Å². The number of benzene rings is 9. The maximum absolute atomic E-state index is 6.56. The van der Waals surface area contributed by atoms with E-state index in [1.807, 2.05) is 12.1 Å². The zero-order valence-electron chi connectivity index (χ0n) is 27.6. The number of ether oxygens (including phenoxy) is 1. The van der Waals surface area contributed by atoms with Gasteiger partial charge in [-0.3, -0.25) is 0 Å². The minimum absolute atomic E-state index is 0.841. The molecule has 238 valence electrons. The van der Waals surface area contributed by atoms with Crippen LogP contribution in [0.1, 0.15) is 0 Å². The molecular weight excluding hydrogens is 621 g/mol. The second-order valence-corrected chi connectivity index (χ2v) is 13.3. The number of nitrogens with zero attached hydrogens (tertiary/aromatic N) is 2. The van der Waals surface area contributed by atoms with Gasteiger partial charge in [-0.15, -0.1) is 0 Å². The van der Waals surface area contributed by atoms with E-state index >= 15 is 0 Å². The van der Waals surface area contributed by atoms with Crippen molar-refractivity contribution in [2.75, 3.05) is 4.90 Å². The standard InChI is InChI=1S/C48H30N2O/c1-2-12-33(13-3-1)49-45-20-10-11-21-47(45)51-48-29-32(23-27-46(48)49)31-22-26-44-42(28-31)40-18-8-9-19-43(40)50(44)34-24-25-39-37-16-5-4-14-35(37)36-15-6-7-17-38(36)41(39)30-34/h1-30H. The number of aromatic nitrogens is 1. The lowest BCUT2D eigenvalue weighted by atomic mass is 9.94. The molecule has 3 heteroatoms. The Bertz CT molecular complexity index is 2980. The molecule has 0 saturated heterocycles. The Kier molecular flexibility index (Phi) is 5.96. The summed E-state index contributed by atoms with van der Waals surface area (Å²) in [5, 5.41) is 10.1. The topological polar surface area (TPSA) is 17.4 Å². The molecule has 1 aliphatic rings. The monoisotopic (exact) mass is 650 g/mol. The van der Waals surface area contributed by atoms with Gasteiger partial charge in [0.15, 0.2) is 11.5 Å². The summed E-state index contributed by atoms with van der Waals surface area (Å²) in [5.41, 5.74) is 8.96. The summed E-state index contributed by atoms with van der Waals surface area (Å²) in [6.45, 7) is 0. The Morgan fingerprint density at radius 1 is 0.314 bits per heavy atom. The SMILES string of the molecule is c1ccc(N2c3ccccc3Oc3cc(-c4ccc5c(c4)c4ccccc4n5-c4ccc5c6ccccc6c6ccccc6c5c4)ccc32)cc1. The maximum atomic E-state index is 6.56. The van der Waals surface area contributed by atoms with Crippen LogP contribution in [-0.4, -0.2) is 4.57 Å². The first-order valence-corrected chi connectivity index (χ1v) is 17.4. The van der Waals surface area contributed by atoms with Gasteiger partial charge in [0, 0.05) is 22.1 Å². The van der Waals surface area contributed by atoms with Crippen LogP contribution in [0.2, 0.25) is 0 Å². The molecule has 0 atom stereocenters. The highest BCUT2D eigenvalue weighted by molar-refractivity contribution is 6.25. The lowest BCUT2D eigenvalue weighted by Gasteiger charge is -2.33. The van der Waals surface area contributed by atoms with Crippen molar-refractivity contribution in [3.8, 4) is 28.3 Å². The van der Waals surface area contributed by atoms with E-state index in [1.165, 1.54) is 54.1 Å². The molecule has 10 aromatic rings. The third kappa shape index (κ3) is 4.19. The average Bonchev–Trinajstić information content (AvgIpc) is 3.53. The van der Waals surface area contributed by atoms with Crippen molar-refractivity contribution in [1.29, 1.82) is 0 Å². The first-order valence-electron chi connectivity index (χ1n) is 17.4. The van der Waals surface area contributed by atoms with E-state index in [2.05, 4.69) is 179 Å². The fourth-order valence-corrected chi connectivity index (χ4v) is 8.26. The minimum atomic E-state index is 0.841. The van der Waals surface area contributed by atoms with Crippen LogP contribution in [0.3, 0.4) is 0 Å². The van der Waals surface area contributed by atoms with E-state index in [-0.39, 0.29) is 0 Å². The molecule has 0 N–H and O–H groups in total. The van der Waals surface area contributed by atoms with Gasteiger partial charge in [-0.25, -0.2) is 0 Å². The second-order valence-electron chi connectivity index (χ2n) is 13.3. The first-order chi connectivity index (χ1) is 25.3. The molecule has 51 heavy (non-hydrogen) atoms. The highest BCUT2D eigenvalue weighted by atomic mass is 16.5. The van der Waals surface area contributed by atoms with E-state index in [0.717, 1.165) is 45.4 Å². The Balaban J connectivity index is 1.08. The molecule has 0 fully saturated rings. The van der Waals surface area contributed by atoms with E-state index in [0.29, 0.717) is 0 Å². The van der Waals surface area contributed by atoms with Crippen molar-refractivity contribution >= 4 is 71.2 Å². The second kappa shape index (κ2) is 10.8. The highest BCUT2D eigenvalue weighted by Gasteiger charge is 2.26. The molecular formula is C48H30N2O. The fraction of sp³-hybridized carbons (Fsp3) is 0. The van der Waals surface area contributed by atoms with Crippen LogP contribution >= 0.6 is 0 Å². The normalized spacial score (nSPS) is 12.4. The van der Waals surface area contributed by atoms with Crippen LogP contribution in [0.15, 0.2) is 182 Å². The smallest absolute Gasteiger partial charge is 0.152 e. The summed E-state index contributed by atoms with van der Waals surface area (Å²) in [6.07, 6.45) is 0. The molecule has 3 nitrogen and oxygen atoms in total. The van der Waals surface area contributed by atoms with E-state index in [1.54, 1.807) is 0 Å². The van der Waals surface area contributed by atoms with Gasteiger partial charge in [-0.1, -0.05) is 115 Å². The number of hydrogen-bond donors (Lipinski definition) is 0. The summed E-state index contributed by atoms with van der Waals surface area (Å²) < 4.78 is 8.98. The molecule has 0 amide bonds. The van der Waals surface area contributed by atoms with Crippen LogP contribution in [0, 0.1) is 0 Å². The number of anilines is 3. The van der Waals surface area contributed by atoms with Gasteiger partial charge in [0.1, 0.15) is 0 Å². The molecule has 0 saturated carbocycles. The average molecular weight is 651 g/mol. The van der Waals surface area contributed by atoms with Crippen molar-refractivity contribution in [3.05, 3.63) is 182 Å². The Hall–Kier alpha value is -6.84. The van der Waals surface area contributed by atoms with E-state index < -0.39 is 0 Å². The fourth-order valence-electron chi connectivity index (χ4n) is 8.26. The van der Waals surface area contributed by atoms with Crippen LogP contribution in [0.4, 0.5) is 17.1 Å². The van der Waals surface area contributed by atoms with Crippen molar-refractivity contribution in [3.63, 3.8) is 0 Å². The lowest BCUT2D eigenvalue weighted by Crippen LogP contribution is -2.15. The van der Waals surface area contributed by atoms with Gasteiger partial charge in [-0.2, -0.15) is 0 Å². The van der Waals surface area contributed by atoms with Crippen LogP contribution in [-0.2, 0) is 0 Å². The zero-order valence-corrected chi connectivity index (χ0v) is 27.6.